The molecule has 1 aromatic carbocycles. The van der Waals surface area contributed by atoms with Crippen molar-refractivity contribution in [2.45, 2.75) is 19.4 Å². The summed E-state index contributed by atoms with van der Waals surface area (Å²) in [7, 11) is 0. The zero-order valence-electron chi connectivity index (χ0n) is 11.1. The maximum absolute atomic E-state index is 11.2. The normalized spacial score (nSPS) is 19.7. The predicted octanol–water partition coefficient (Wildman–Crippen LogP) is 0.874. The van der Waals surface area contributed by atoms with Crippen molar-refractivity contribution in [3.05, 3.63) is 33.9 Å². The van der Waals surface area contributed by atoms with E-state index in [9.17, 15) is 14.9 Å². The number of nitrogens with zero attached hydrogens (tertiary/aromatic N) is 2. The molecule has 0 aliphatic carbocycles. The molecule has 1 saturated heterocycles. The monoisotopic (exact) mass is 278 g/mol. The Balaban J connectivity index is 2.04. The molecule has 108 valence electrons. The van der Waals surface area contributed by atoms with Gasteiger partial charge in [0.25, 0.3) is 5.69 Å². The first-order chi connectivity index (χ1) is 9.47. The fourth-order valence-electron chi connectivity index (χ4n) is 2.56. The molecule has 0 saturated carbocycles. The predicted molar refractivity (Wildman–Crippen MR) is 74.7 cm³/mol. The molecular weight excluding hydrogens is 260 g/mol. The lowest BCUT2D eigenvalue weighted by atomic mass is 9.97. The van der Waals surface area contributed by atoms with Crippen LogP contribution < -0.4 is 11.5 Å². The van der Waals surface area contributed by atoms with Crippen molar-refractivity contribution < 1.29 is 9.72 Å². The van der Waals surface area contributed by atoms with E-state index in [1.807, 2.05) is 0 Å². The van der Waals surface area contributed by atoms with E-state index < -0.39 is 4.92 Å². The van der Waals surface area contributed by atoms with Crippen LogP contribution in [-0.2, 0) is 11.3 Å². The summed E-state index contributed by atoms with van der Waals surface area (Å²) in [4.78, 5) is 23.6. The molecule has 1 aromatic rings. The molecule has 1 unspecified atom stereocenters. The quantitative estimate of drug-likeness (QED) is 0.481. The van der Waals surface area contributed by atoms with Gasteiger partial charge in [-0.15, -0.1) is 0 Å². The number of hydrogen-bond acceptors (Lipinski definition) is 5. The zero-order valence-corrected chi connectivity index (χ0v) is 11.1. The highest BCUT2D eigenvalue weighted by atomic mass is 16.6. The third-order valence-electron chi connectivity index (χ3n) is 3.60. The van der Waals surface area contributed by atoms with Crippen molar-refractivity contribution in [3.8, 4) is 0 Å². The molecule has 20 heavy (non-hydrogen) atoms. The lowest BCUT2D eigenvalue weighted by molar-refractivity contribution is -0.383. The summed E-state index contributed by atoms with van der Waals surface area (Å²) >= 11 is 0. The van der Waals surface area contributed by atoms with Crippen LogP contribution in [-0.4, -0.2) is 28.8 Å². The number of likely N-dealkylation sites (tertiary alicyclic amines) is 1. The molecule has 1 atom stereocenters. The number of benzene rings is 1. The van der Waals surface area contributed by atoms with Crippen LogP contribution in [0, 0.1) is 16.0 Å². The number of carbonyl (C=O) groups is 1. The number of anilines is 1. The molecule has 0 radical (unpaired) electrons. The highest BCUT2D eigenvalue weighted by molar-refractivity contribution is 5.76. The minimum atomic E-state index is -0.497. The minimum absolute atomic E-state index is 0.0811. The van der Waals surface area contributed by atoms with Crippen LogP contribution in [0.2, 0.25) is 0 Å². The number of nitro benzene ring substituents is 1. The Bertz CT molecular complexity index is 532. The van der Waals surface area contributed by atoms with Crippen molar-refractivity contribution in [2.75, 3.05) is 18.8 Å². The van der Waals surface area contributed by atoms with Crippen molar-refractivity contribution in [1.29, 1.82) is 0 Å². The SMILES string of the molecule is NC(=O)C1CCCN(Cc2ccc([N+](=O)[O-])c(N)c2)C1. The number of nitrogens with two attached hydrogens (primary N) is 2. The number of hydrogen-bond donors (Lipinski definition) is 2. The summed E-state index contributed by atoms with van der Waals surface area (Å²) in [6.45, 7) is 2.14. The minimum Gasteiger partial charge on any atom is -0.393 e. The van der Waals surface area contributed by atoms with E-state index in [2.05, 4.69) is 4.90 Å². The van der Waals surface area contributed by atoms with E-state index in [0.29, 0.717) is 13.1 Å². The van der Waals surface area contributed by atoms with Gasteiger partial charge >= 0.3 is 0 Å². The van der Waals surface area contributed by atoms with Gasteiger partial charge in [0.05, 0.1) is 10.8 Å². The molecule has 0 spiro atoms. The van der Waals surface area contributed by atoms with Crippen LogP contribution in [0.3, 0.4) is 0 Å². The Hall–Kier alpha value is -2.15. The van der Waals surface area contributed by atoms with Gasteiger partial charge in [-0.25, -0.2) is 0 Å². The lowest BCUT2D eigenvalue weighted by Crippen LogP contribution is -2.40. The summed E-state index contributed by atoms with van der Waals surface area (Å²) in [5.74, 6) is -0.378. The molecule has 4 N–H and O–H groups in total. The van der Waals surface area contributed by atoms with Gasteiger partial charge in [0.1, 0.15) is 5.69 Å². The second-order valence-corrected chi connectivity index (χ2v) is 5.13. The van der Waals surface area contributed by atoms with Gasteiger partial charge in [-0.05, 0) is 31.0 Å². The van der Waals surface area contributed by atoms with E-state index in [-0.39, 0.29) is 23.2 Å². The molecule has 1 fully saturated rings. The number of piperidine rings is 1. The van der Waals surface area contributed by atoms with E-state index in [0.717, 1.165) is 24.9 Å². The van der Waals surface area contributed by atoms with Crippen molar-refractivity contribution in [3.63, 3.8) is 0 Å². The summed E-state index contributed by atoms with van der Waals surface area (Å²) in [5.41, 5.74) is 12.0. The van der Waals surface area contributed by atoms with Gasteiger partial charge in [0.2, 0.25) is 5.91 Å². The molecule has 1 aliphatic rings. The average molecular weight is 278 g/mol. The summed E-state index contributed by atoms with van der Waals surface area (Å²) in [6.07, 6.45) is 1.75. The van der Waals surface area contributed by atoms with Gasteiger partial charge in [-0.2, -0.15) is 0 Å². The van der Waals surface area contributed by atoms with E-state index >= 15 is 0 Å². The number of nitro groups is 1. The zero-order chi connectivity index (χ0) is 14.7. The number of rotatable bonds is 4. The van der Waals surface area contributed by atoms with Crippen molar-refractivity contribution in [2.24, 2.45) is 11.7 Å². The first-order valence-electron chi connectivity index (χ1n) is 6.52. The van der Waals surface area contributed by atoms with E-state index in [1.54, 1.807) is 12.1 Å². The third-order valence-corrected chi connectivity index (χ3v) is 3.60. The topological polar surface area (TPSA) is 115 Å². The smallest absolute Gasteiger partial charge is 0.292 e. The number of primary amides is 1. The van der Waals surface area contributed by atoms with E-state index in [4.69, 9.17) is 11.5 Å². The Morgan fingerprint density at radius 2 is 2.25 bits per heavy atom. The van der Waals surface area contributed by atoms with Crippen LogP contribution in [0.4, 0.5) is 11.4 Å². The molecule has 1 amide bonds. The maximum atomic E-state index is 11.2. The molecular formula is C13H18N4O3. The first kappa shape index (κ1) is 14.3. The maximum Gasteiger partial charge on any atom is 0.292 e. The summed E-state index contributed by atoms with van der Waals surface area (Å²) in [5, 5.41) is 10.7. The van der Waals surface area contributed by atoms with E-state index in [1.165, 1.54) is 6.07 Å². The van der Waals surface area contributed by atoms with Crippen LogP contribution in [0.1, 0.15) is 18.4 Å². The highest BCUT2D eigenvalue weighted by Crippen LogP contribution is 2.24. The van der Waals surface area contributed by atoms with Gasteiger partial charge in [0, 0.05) is 19.2 Å². The molecule has 0 aromatic heterocycles. The molecule has 7 nitrogen and oxygen atoms in total. The Kier molecular flexibility index (Phi) is 4.19. The second kappa shape index (κ2) is 5.87. The number of carbonyl (C=O) groups excluding carboxylic acids is 1. The third kappa shape index (κ3) is 3.24. The standard InChI is InChI=1S/C13H18N4O3/c14-11-6-9(3-4-12(11)17(19)20)7-16-5-1-2-10(8-16)13(15)18/h3-4,6,10H,1-2,5,7-8,14H2,(H2,15,18). The van der Waals surface area contributed by atoms with Gasteiger partial charge < -0.3 is 11.5 Å². The van der Waals surface area contributed by atoms with Crippen LogP contribution in [0.15, 0.2) is 18.2 Å². The fraction of sp³-hybridized carbons (Fsp3) is 0.462. The van der Waals surface area contributed by atoms with Crippen LogP contribution >= 0.6 is 0 Å². The molecule has 7 heteroatoms. The first-order valence-corrected chi connectivity index (χ1v) is 6.52. The number of amides is 1. The van der Waals surface area contributed by atoms with Gasteiger partial charge in [0.15, 0.2) is 0 Å². The fourth-order valence-corrected chi connectivity index (χ4v) is 2.56. The molecule has 1 aliphatic heterocycles. The Morgan fingerprint density at radius 3 is 2.85 bits per heavy atom. The number of nitrogen functional groups attached to an aromatic ring is 1. The van der Waals surface area contributed by atoms with Gasteiger partial charge in [-0.3, -0.25) is 19.8 Å². The summed E-state index contributed by atoms with van der Waals surface area (Å²) < 4.78 is 0. The van der Waals surface area contributed by atoms with Crippen molar-refractivity contribution >= 4 is 17.3 Å². The molecule has 2 rings (SSSR count). The lowest BCUT2D eigenvalue weighted by Gasteiger charge is -2.31. The van der Waals surface area contributed by atoms with Gasteiger partial charge in [-0.1, -0.05) is 6.07 Å². The van der Waals surface area contributed by atoms with Crippen LogP contribution in [0.5, 0.6) is 0 Å². The van der Waals surface area contributed by atoms with Crippen LogP contribution in [0.25, 0.3) is 0 Å². The Labute approximate surface area is 116 Å². The highest BCUT2D eigenvalue weighted by Gasteiger charge is 2.24. The molecule has 1 heterocycles. The largest absolute Gasteiger partial charge is 0.393 e. The van der Waals surface area contributed by atoms with Crippen molar-refractivity contribution in [1.82, 2.24) is 4.90 Å². The summed E-state index contributed by atoms with van der Waals surface area (Å²) in [6, 6.07) is 4.73. The molecule has 0 bridgehead atoms. The second-order valence-electron chi connectivity index (χ2n) is 5.13. The average Bonchev–Trinajstić information content (AvgIpc) is 2.38. The Morgan fingerprint density at radius 1 is 1.50 bits per heavy atom.